The van der Waals surface area contributed by atoms with E-state index in [1.807, 2.05) is 30.3 Å². The predicted molar refractivity (Wildman–Crippen MR) is 56.5 cm³/mol. The molecule has 0 atom stereocenters. The van der Waals surface area contributed by atoms with Crippen LogP contribution in [0.25, 0.3) is 0 Å². The van der Waals surface area contributed by atoms with Crippen molar-refractivity contribution < 1.29 is 12.9 Å². The summed E-state index contributed by atoms with van der Waals surface area (Å²) in [5, 5.41) is 3.50. The fraction of sp³-hybridized carbons (Fsp3) is 0.100. The topological polar surface area (TPSA) is 17.8 Å². The van der Waals surface area contributed by atoms with Gasteiger partial charge in [-0.05, 0) is 5.56 Å². The molecular weight excluding hydrogens is 216 g/mol. The minimum atomic E-state index is -5.00. The summed E-state index contributed by atoms with van der Waals surface area (Å²) in [7, 11) is 0. The van der Waals surface area contributed by atoms with Crippen molar-refractivity contribution in [2.24, 2.45) is 0 Å². The molecule has 0 saturated heterocycles. The standard InChI is InChI=1S/C10H9BF3N2/c12-11(13,14)10-6-7-16(15-10)8-9-4-2-1-3-5-9/h1-7H,8H2/q-1. The molecule has 0 aliphatic carbocycles. The maximum Gasteiger partial charge on any atom is 0.529 e. The highest BCUT2D eigenvalue weighted by Gasteiger charge is 2.28. The highest BCUT2D eigenvalue weighted by atomic mass is 19.4. The number of halogens is 3. The molecule has 2 rings (SSSR count). The first-order valence-electron chi connectivity index (χ1n) is 4.83. The molecule has 0 aliphatic rings. The third-order valence-electron chi connectivity index (χ3n) is 2.18. The minimum absolute atomic E-state index is 0.354. The highest BCUT2D eigenvalue weighted by molar-refractivity contribution is 6.72. The summed E-state index contributed by atoms with van der Waals surface area (Å²) in [4.78, 5) is 0. The normalized spacial score (nSPS) is 11.7. The van der Waals surface area contributed by atoms with Crippen molar-refractivity contribution in [2.75, 3.05) is 0 Å². The number of hydrogen-bond donors (Lipinski definition) is 0. The number of rotatable bonds is 3. The third kappa shape index (κ3) is 2.45. The minimum Gasteiger partial charge on any atom is -0.444 e. The van der Waals surface area contributed by atoms with E-state index in [1.54, 1.807) is 0 Å². The molecule has 16 heavy (non-hydrogen) atoms. The van der Waals surface area contributed by atoms with Crippen LogP contribution in [0, 0.1) is 0 Å². The van der Waals surface area contributed by atoms with Crippen LogP contribution in [0.2, 0.25) is 0 Å². The van der Waals surface area contributed by atoms with E-state index in [-0.39, 0.29) is 0 Å². The molecule has 0 saturated carbocycles. The van der Waals surface area contributed by atoms with E-state index in [0.29, 0.717) is 6.54 Å². The van der Waals surface area contributed by atoms with Crippen LogP contribution in [0.1, 0.15) is 5.56 Å². The van der Waals surface area contributed by atoms with Gasteiger partial charge in [0.25, 0.3) is 0 Å². The van der Waals surface area contributed by atoms with Gasteiger partial charge in [-0.15, -0.1) is 0 Å². The van der Waals surface area contributed by atoms with Gasteiger partial charge in [0, 0.05) is 11.8 Å². The lowest BCUT2D eigenvalue weighted by atomic mass is 9.87. The lowest BCUT2D eigenvalue weighted by Crippen LogP contribution is -2.35. The van der Waals surface area contributed by atoms with Crippen molar-refractivity contribution in [3.8, 4) is 0 Å². The Morgan fingerprint density at radius 3 is 2.31 bits per heavy atom. The van der Waals surface area contributed by atoms with E-state index in [0.717, 1.165) is 11.6 Å². The van der Waals surface area contributed by atoms with Crippen LogP contribution in [0.15, 0.2) is 42.6 Å². The zero-order chi connectivity index (χ0) is 11.6. The smallest absolute Gasteiger partial charge is 0.444 e. The van der Waals surface area contributed by atoms with Crippen molar-refractivity contribution in [2.45, 2.75) is 6.54 Å². The molecule has 0 unspecified atom stereocenters. The van der Waals surface area contributed by atoms with Crippen molar-refractivity contribution >= 4 is 12.6 Å². The van der Waals surface area contributed by atoms with Crippen molar-refractivity contribution in [3.63, 3.8) is 0 Å². The molecule has 84 valence electrons. The van der Waals surface area contributed by atoms with E-state index in [9.17, 15) is 12.9 Å². The molecule has 1 aromatic heterocycles. The van der Waals surface area contributed by atoms with E-state index in [1.165, 1.54) is 10.9 Å². The summed E-state index contributed by atoms with van der Waals surface area (Å²) < 4.78 is 38.3. The maximum atomic E-state index is 12.3. The van der Waals surface area contributed by atoms with Crippen molar-refractivity contribution in [1.29, 1.82) is 0 Å². The number of aromatic nitrogens is 2. The van der Waals surface area contributed by atoms with Crippen LogP contribution in [0.5, 0.6) is 0 Å². The van der Waals surface area contributed by atoms with Gasteiger partial charge in [-0.25, -0.2) is 5.10 Å². The summed E-state index contributed by atoms with van der Waals surface area (Å²) >= 11 is 0. The van der Waals surface area contributed by atoms with Crippen LogP contribution in [0.4, 0.5) is 12.9 Å². The molecule has 1 aromatic carbocycles. The first-order chi connectivity index (χ1) is 7.55. The van der Waals surface area contributed by atoms with Gasteiger partial charge in [-0.3, -0.25) is 4.68 Å². The molecule has 0 amide bonds. The van der Waals surface area contributed by atoms with Gasteiger partial charge in [-0.2, -0.15) is 0 Å². The molecule has 0 spiro atoms. The zero-order valence-corrected chi connectivity index (χ0v) is 8.35. The number of hydrogen-bond acceptors (Lipinski definition) is 1. The summed E-state index contributed by atoms with van der Waals surface area (Å²) in [6.07, 6.45) is 1.34. The van der Waals surface area contributed by atoms with E-state index < -0.39 is 12.6 Å². The Hall–Kier alpha value is -1.72. The number of nitrogens with zero attached hydrogens (tertiary/aromatic N) is 2. The van der Waals surface area contributed by atoms with Crippen LogP contribution < -0.4 is 5.59 Å². The Morgan fingerprint density at radius 1 is 1.06 bits per heavy atom. The highest BCUT2D eigenvalue weighted by Crippen LogP contribution is 2.07. The summed E-state index contributed by atoms with van der Waals surface area (Å²) in [6.45, 7) is -4.64. The molecule has 0 N–H and O–H groups in total. The second-order valence-corrected chi connectivity index (χ2v) is 3.50. The lowest BCUT2D eigenvalue weighted by molar-refractivity contribution is 0.496. The molecule has 2 aromatic rings. The summed E-state index contributed by atoms with van der Waals surface area (Å²) in [5.74, 6) is 0. The summed E-state index contributed by atoms with van der Waals surface area (Å²) in [6, 6.07) is 10.2. The second kappa shape index (κ2) is 4.04. The molecule has 1 heterocycles. The Kier molecular flexibility index (Phi) is 2.72. The zero-order valence-electron chi connectivity index (χ0n) is 8.35. The van der Waals surface area contributed by atoms with Crippen LogP contribution in [-0.4, -0.2) is 16.8 Å². The maximum absolute atomic E-state index is 12.3. The van der Waals surface area contributed by atoms with E-state index in [4.69, 9.17) is 0 Å². The van der Waals surface area contributed by atoms with E-state index in [2.05, 4.69) is 5.10 Å². The number of benzene rings is 1. The van der Waals surface area contributed by atoms with Crippen LogP contribution in [0.3, 0.4) is 0 Å². The van der Waals surface area contributed by atoms with Crippen LogP contribution in [-0.2, 0) is 6.54 Å². The Morgan fingerprint density at radius 2 is 1.75 bits per heavy atom. The second-order valence-electron chi connectivity index (χ2n) is 3.50. The largest absolute Gasteiger partial charge is 0.529 e. The fourth-order valence-electron chi connectivity index (χ4n) is 1.41. The molecule has 6 heteroatoms. The lowest BCUT2D eigenvalue weighted by Gasteiger charge is -2.09. The predicted octanol–water partition coefficient (Wildman–Crippen LogP) is 1.99. The molecule has 0 fully saturated rings. The molecule has 0 aliphatic heterocycles. The van der Waals surface area contributed by atoms with Gasteiger partial charge in [-0.1, -0.05) is 36.4 Å². The van der Waals surface area contributed by atoms with Gasteiger partial charge >= 0.3 is 6.98 Å². The monoisotopic (exact) mass is 225 g/mol. The Labute approximate surface area is 90.8 Å². The van der Waals surface area contributed by atoms with Crippen molar-refractivity contribution in [3.05, 3.63) is 48.2 Å². The molecule has 0 radical (unpaired) electrons. The average molecular weight is 225 g/mol. The third-order valence-corrected chi connectivity index (χ3v) is 2.18. The van der Waals surface area contributed by atoms with Gasteiger partial charge in [0.1, 0.15) is 0 Å². The first kappa shape index (κ1) is 10.8. The van der Waals surface area contributed by atoms with Gasteiger partial charge in [0.15, 0.2) is 0 Å². The molecule has 0 bridgehead atoms. The van der Waals surface area contributed by atoms with Gasteiger partial charge in [0.05, 0.1) is 6.54 Å². The summed E-state index contributed by atoms with van der Waals surface area (Å²) in [5.41, 5.74) is 0.128. The van der Waals surface area contributed by atoms with Gasteiger partial charge < -0.3 is 12.9 Å². The van der Waals surface area contributed by atoms with E-state index >= 15 is 0 Å². The Balaban J connectivity index is 2.15. The quantitative estimate of drug-likeness (QED) is 0.730. The van der Waals surface area contributed by atoms with Crippen molar-refractivity contribution in [1.82, 2.24) is 9.78 Å². The first-order valence-corrected chi connectivity index (χ1v) is 4.83. The van der Waals surface area contributed by atoms with Gasteiger partial charge in [0.2, 0.25) is 0 Å². The molecular formula is C10H9BF3N2-. The fourth-order valence-corrected chi connectivity index (χ4v) is 1.41. The molecule has 2 nitrogen and oxygen atoms in total. The van der Waals surface area contributed by atoms with Crippen LogP contribution >= 0.6 is 0 Å². The Bertz CT molecular complexity index is 464. The average Bonchev–Trinajstić information content (AvgIpc) is 2.67. The SMILES string of the molecule is F[B-](F)(F)c1ccn(Cc2ccccc2)n1.